The highest BCUT2D eigenvalue weighted by Crippen LogP contribution is 2.30. The van der Waals surface area contributed by atoms with Crippen molar-refractivity contribution in [2.75, 3.05) is 13.1 Å². The van der Waals surface area contributed by atoms with E-state index in [0.717, 1.165) is 36.6 Å². The van der Waals surface area contributed by atoms with Crippen LogP contribution < -0.4 is 4.72 Å². The third-order valence-corrected chi connectivity index (χ3v) is 6.91. The highest BCUT2D eigenvalue weighted by molar-refractivity contribution is 7.89. The van der Waals surface area contributed by atoms with Gasteiger partial charge in [-0.05, 0) is 48.9 Å². The Morgan fingerprint density at radius 2 is 1.74 bits per heavy atom. The van der Waals surface area contributed by atoms with E-state index in [1.54, 1.807) is 35.2 Å². The van der Waals surface area contributed by atoms with Gasteiger partial charge in [0, 0.05) is 13.1 Å². The van der Waals surface area contributed by atoms with Gasteiger partial charge in [0.1, 0.15) is 6.04 Å². The van der Waals surface area contributed by atoms with Crippen LogP contribution >= 0.6 is 0 Å². The number of halogens is 3. The van der Waals surface area contributed by atoms with Crippen molar-refractivity contribution in [2.24, 2.45) is 5.92 Å². The van der Waals surface area contributed by atoms with E-state index in [2.05, 4.69) is 11.6 Å². The third-order valence-electron chi connectivity index (χ3n) is 5.45. The molecule has 3 rings (SSSR count). The molecule has 2 aromatic carbocycles. The van der Waals surface area contributed by atoms with Crippen LogP contribution in [0.15, 0.2) is 59.5 Å². The van der Waals surface area contributed by atoms with Gasteiger partial charge in [-0.2, -0.15) is 17.9 Å². The Labute approximate surface area is 180 Å². The van der Waals surface area contributed by atoms with E-state index in [0.29, 0.717) is 25.1 Å². The molecule has 31 heavy (non-hydrogen) atoms. The average Bonchev–Trinajstić information content (AvgIpc) is 2.73. The standard InChI is InChI=1S/C22H25F3N2O3S/c1-16-10-12-27(13-11-16)21(28)20(14-17-6-3-2-4-7-17)26-31(29,30)19-9-5-8-18(15-19)22(23,24)25/h2-9,15-16,20,26H,10-14H2,1H3. The Morgan fingerprint density at radius 3 is 2.35 bits per heavy atom. The predicted octanol–water partition coefficient (Wildman–Crippen LogP) is 3.85. The highest BCUT2D eigenvalue weighted by Gasteiger charge is 2.34. The Bertz CT molecular complexity index is 1000. The summed E-state index contributed by atoms with van der Waals surface area (Å²) in [4.78, 5) is 14.3. The lowest BCUT2D eigenvalue weighted by atomic mass is 9.98. The van der Waals surface area contributed by atoms with Crippen LogP contribution in [-0.4, -0.2) is 38.4 Å². The van der Waals surface area contributed by atoms with Gasteiger partial charge >= 0.3 is 6.18 Å². The minimum atomic E-state index is -4.67. The van der Waals surface area contributed by atoms with Crippen molar-refractivity contribution in [1.29, 1.82) is 0 Å². The first-order valence-electron chi connectivity index (χ1n) is 10.1. The van der Waals surface area contributed by atoms with Gasteiger partial charge < -0.3 is 4.90 Å². The van der Waals surface area contributed by atoms with Crippen molar-refractivity contribution in [3.05, 3.63) is 65.7 Å². The van der Waals surface area contributed by atoms with E-state index in [9.17, 15) is 26.4 Å². The van der Waals surface area contributed by atoms with Gasteiger partial charge in [-0.15, -0.1) is 0 Å². The second kappa shape index (κ2) is 9.40. The number of likely N-dealkylation sites (tertiary alicyclic amines) is 1. The van der Waals surface area contributed by atoms with Crippen LogP contribution in [0.25, 0.3) is 0 Å². The number of sulfonamides is 1. The number of nitrogens with one attached hydrogen (secondary N) is 1. The molecule has 1 N–H and O–H groups in total. The molecule has 168 valence electrons. The number of nitrogens with zero attached hydrogens (tertiary/aromatic N) is 1. The van der Waals surface area contributed by atoms with Crippen LogP contribution in [-0.2, 0) is 27.4 Å². The summed E-state index contributed by atoms with van der Waals surface area (Å²) >= 11 is 0. The number of carbonyl (C=O) groups excluding carboxylic acids is 1. The summed E-state index contributed by atoms with van der Waals surface area (Å²) in [7, 11) is -4.35. The van der Waals surface area contributed by atoms with Crippen molar-refractivity contribution in [3.8, 4) is 0 Å². The Hall–Kier alpha value is -2.39. The van der Waals surface area contributed by atoms with Crippen molar-refractivity contribution < 1.29 is 26.4 Å². The van der Waals surface area contributed by atoms with Crippen LogP contribution in [0.2, 0.25) is 0 Å². The third kappa shape index (κ3) is 6.07. The van der Waals surface area contributed by atoms with E-state index in [-0.39, 0.29) is 12.3 Å². The summed E-state index contributed by atoms with van der Waals surface area (Å²) in [5.41, 5.74) is -0.315. The topological polar surface area (TPSA) is 66.5 Å². The van der Waals surface area contributed by atoms with Crippen molar-refractivity contribution >= 4 is 15.9 Å². The molecule has 9 heteroatoms. The molecule has 1 fully saturated rings. The molecule has 1 unspecified atom stereocenters. The lowest BCUT2D eigenvalue weighted by Crippen LogP contribution is -2.51. The maximum Gasteiger partial charge on any atom is 0.416 e. The van der Waals surface area contributed by atoms with Gasteiger partial charge in [-0.25, -0.2) is 8.42 Å². The number of hydrogen-bond acceptors (Lipinski definition) is 3. The number of amides is 1. The fourth-order valence-electron chi connectivity index (χ4n) is 3.57. The molecule has 1 heterocycles. The van der Waals surface area contributed by atoms with E-state index >= 15 is 0 Å². The van der Waals surface area contributed by atoms with Crippen molar-refractivity contribution in [3.63, 3.8) is 0 Å². The quantitative estimate of drug-likeness (QED) is 0.721. The van der Waals surface area contributed by atoms with Crippen LogP contribution in [0, 0.1) is 5.92 Å². The number of alkyl halides is 3. The lowest BCUT2D eigenvalue weighted by molar-refractivity contribution is -0.138. The second-order valence-electron chi connectivity index (χ2n) is 7.90. The average molecular weight is 455 g/mol. The molecule has 1 saturated heterocycles. The Balaban J connectivity index is 1.87. The first kappa shape index (κ1) is 23.3. The number of benzene rings is 2. The van der Waals surface area contributed by atoms with Gasteiger partial charge in [0.25, 0.3) is 0 Å². The predicted molar refractivity (Wildman–Crippen MR) is 111 cm³/mol. The molecule has 1 aliphatic heterocycles. The summed E-state index contributed by atoms with van der Waals surface area (Å²) in [6, 6.07) is 11.3. The molecular formula is C22H25F3N2O3S. The maximum absolute atomic E-state index is 13.2. The van der Waals surface area contributed by atoms with E-state index < -0.39 is 32.7 Å². The van der Waals surface area contributed by atoms with Crippen LogP contribution in [0.3, 0.4) is 0 Å². The normalized spacial score (nSPS) is 16.8. The fraction of sp³-hybridized carbons (Fsp3) is 0.409. The molecule has 0 aromatic heterocycles. The van der Waals surface area contributed by atoms with E-state index in [1.165, 1.54) is 0 Å². The molecule has 1 amide bonds. The first-order valence-corrected chi connectivity index (χ1v) is 11.6. The molecule has 1 atom stereocenters. The van der Waals surface area contributed by atoms with E-state index in [1.807, 2.05) is 0 Å². The van der Waals surface area contributed by atoms with Crippen LogP contribution in [0.4, 0.5) is 13.2 Å². The van der Waals surface area contributed by atoms with Gasteiger partial charge in [-0.3, -0.25) is 4.79 Å². The summed E-state index contributed by atoms with van der Waals surface area (Å²) in [6.45, 7) is 3.15. The first-order chi connectivity index (χ1) is 14.6. The summed E-state index contributed by atoms with van der Waals surface area (Å²) in [6.07, 6.45) is -2.92. The molecular weight excluding hydrogens is 429 g/mol. The van der Waals surface area contributed by atoms with Gasteiger partial charge in [0.05, 0.1) is 10.5 Å². The Kier molecular flexibility index (Phi) is 7.06. The molecule has 1 aliphatic rings. The highest BCUT2D eigenvalue weighted by atomic mass is 32.2. The Morgan fingerprint density at radius 1 is 1.10 bits per heavy atom. The van der Waals surface area contributed by atoms with Gasteiger partial charge in [-0.1, -0.05) is 43.3 Å². The van der Waals surface area contributed by atoms with Gasteiger partial charge in [0.15, 0.2) is 0 Å². The summed E-state index contributed by atoms with van der Waals surface area (Å²) in [5.74, 6) is 0.115. The molecule has 5 nitrogen and oxygen atoms in total. The number of rotatable bonds is 6. The molecule has 0 spiro atoms. The minimum absolute atomic E-state index is 0.101. The minimum Gasteiger partial charge on any atom is -0.341 e. The number of hydrogen-bond donors (Lipinski definition) is 1. The van der Waals surface area contributed by atoms with Crippen LogP contribution in [0.5, 0.6) is 0 Å². The van der Waals surface area contributed by atoms with E-state index in [4.69, 9.17) is 0 Å². The zero-order valence-corrected chi connectivity index (χ0v) is 17.9. The maximum atomic E-state index is 13.2. The largest absolute Gasteiger partial charge is 0.416 e. The van der Waals surface area contributed by atoms with Crippen molar-refractivity contribution in [1.82, 2.24) is 9.62 Å². The summed E-state index contributed by atoms with van der Waals surface area (Å²) < 4.78 is 67.3. The summed E-state index contributed by atoms with van der Waals surface area (Å²) in [5, 5.41) is 0. The number of carbonyl (C=O) groups is 1. The SMILES string of the molecule is CC1CCN(C(=O)C(Cc2ccccc2)NS(=O)(=O)c2cccc(C(F)(F)F)c2)CC1. The molecule has 0 bridgehead atoms. The molecule has 2 aromatic rings. The zero-order chi connectivity index (χ0) is 22.6. The van der Waals surface area contributed by atoms with Gasteiger partial charge in [0.2, 0.25) is 15.9 Å². The van der Waals surface area contributed by atoms with Crippen molar-refractivity contribution in [2.45, 2.75) is 43.3 Å². The van der Waals surface area contributed by atoms with Crippen LogP contribution in [0.1, 0.15) is 30.9 Å². The molecule has 0 saturated carbocycles. The second-order valence-corrected chi connectivity index (χ2v) is 9.61. The molecule has 0 aliphatic carbocycles. The number of piperidine rings is 1. The monoisotopic (exact) mass is 454 g/mol. The fourth-order valence-corrected chi connectivity index (χ4v) is 4.81. The smallest absolute Gasteiger partial charge is 0.341 e. The zero-order valence-electron chi connectivity index (χ0n) is 17.1. The lowest BCUT2D eigenvalue weighted by Gasteiger charge is -2.33. The molecule has 0 radical (unpaired) electrons.